The van der Waals surface area contributed by atoms with Crippen LogP contribution >= 0.6 is 0 Å². The number of hydrogen-bond acceptors (Lipinski definition) is 4. The highest BCUT2D eigenvalue weighted by Gasteiger charge is 2.06. The van der Waals surface area contributed by atoms with Crippen LogP contribution in [-0.4, -0.2) is 15.9 Å². The van der Waals surface area contributed by atoms with Crippen molar-refractivity contribution in [3.05, 3.63) is 84.4 Å². The predicted molar refractivity (Wildman–Crippen MR) is 87.2 cm³/mol. The molecule has 2 heterocycles. The summed E-state index contributed by atoms with van der Waals surface area (Å²) in [6.45, 7) is 0.441. The Morgan fingerprint density at radius 3 is 2.43 bits per heavy atom. The lowest BCUT2D eigenvalue weighted by atomic mass is 10.2. The van der Waals surface area contributed by atoms with Crippen LogP contribution < -0.4 is 10.1 Å². The van der Waals surface area contributed by atoms with E-state index in [-0.39, 0.29) is 5.91 Å². The molecular weight excluding hydrogens is 290 g/mol. The molecule has 0 aliphatic carbocycles. The number of anilines is 1. The fraction of sp³-hybridized carbons (Fsp3) is 0.0556. The molecule has 0 unspecified atom stereocenters. The highest BCUT2D eigenvalue weighted by molar-refractivity contribution is 6.04. The molecule has 0 aliphatic heterocycles. The van der Waals surface area contributed by atoms with Crippen LogP contribution in [0.1, 0.15) is 15.9 Å². The molecule has 23 heavy (non-hydrogen) atoms. The smallest absolute Gasteiger partial charge is 0.255 e. The molecule has 1 N–H and O–H groups in total. The molecule has 0 saturated heterocycles. The van der Waals surface area contributed by atoms with E-state index < -0.39 is 0 Å². The van der Waals surface area contributed by atoms with Crippen LogP contribution in [0.25, 0.3) is 0 Å². The Bertz CT molecular complexity index is 759. The first-order chi connectivity index (χ1) is 11.3. The zero-order valence-corrected chi connectivity index (χ0v) is 12.3. The van der Waals surface area contributed by atoms with Gasteiger partial charge < -0.3 is 10.1 Å². The molecule has 0 radical (unpaired) electrons. The standard InChI is InChI=1S/C18H15N3O2/c22-18(21-16-7-10-19-11-8-16)15-3-5-17(6-4-15)23-13-14-2-1-9-20-12-14/h1-12H,13H2,(H,19,21,22). The molecule has 2 aromatic heterocycles. The first-order valence-corrected chi connectivity index (χ1v) is 7.14. The summed E-state index contributed by atoms with van der Waals surface area (Å²) in [5.41, 5.74) is 2.27. The number of pyridine rings is 2. The summed E-state index contributed by atoms with van der Waals surface area (Å²) in [4.78, 5) is 20.1. The molecule has 3 aromatic rings. The number of nitrogens with one attached hydrogen (secondary N) is 1. The van der Waals surface area contributed by atoms with Crippen molar-refractivity contribution in [2.24, 2.45) is 0 Å². The number of amides is 1. The first kappa shape index (κ1) is 14.7. The lowest BCUT2D eigenvalue weighted by Gasteiger charge is -2.08. The highest BCUT2D eigenvalue weighted by atomic mass is 16.5. The molecule has 3 rings (SSSR count). The Labute approximate surface area is 134 Å². The quantitative estimate of drug-likeness (QED) is 0.785. The summed E-state index contributed by atoms with van der Waals surface area (Å²) in [6, 6.07) is 14.3. The molecule has 1 aromatic carbocycles. The molecule has 5 heteroatoms. The molecular formula is C18H15N3O2. The maximum Gasteiger partial charge on any atom is 0.255 e. The van der Waals surface area contributed by atoms with E-state index in [0.717, 1.165) is 5.56 Å². The van der Waals surface area contributed by atoms with Gasteiger partial charge in [0.15, 0.2) is 0 Å². The summed E-state index contributed by atoms with van der Waals surface area (Å²) in [7, 11) is 0. The van der Waals surface area contributed by atoms with Crippen molar-refractivity contribution in [1.29, 1.82) is 0 Å². The number of carbonyl (C=O) groups excluding carboxylic acids is 1. The number of carbonyl (C=O) groups is 1. The third-order valence-electron chi connectivity index (χ3n) is 3.18. The number of benzene rings is 1. The zero-order valence-electron chi connectivity index (χ0n) is 12.3. The molecule has 1 amide bonds. The molecule has 0 spiro atoms. The highest BCUT2D eigenvalue weighted by Crippen LogP contribution is 2.15. The first-order valence-electron chi connectivity index (χ1n) is 7.14. The van der Waals surface area contributed by atoms with Gasteiger partial charge in [-0.05, 0) is 42.5 Å². The van der Waals surface area contributed by atoms with Gasteiger partial charge in [0.05, 0.1) is 0 Å². The summed E-state index contributed by atoms with van der Waals surface area (Å²) in [5, 5.41) is 2.81. The second-order valence-corrected chi connectivity index (χ2v) is 4.86. The predicted octanol–water partition coefficient (Wildman–Crippen LogP) is 3.31. The number of nitrogens with zero attached hydrogens (tertiary/aromatic N) is 2. The Kier molecular flexibility index (Phi) is 4.59. The molecule has 0 atom stereocenters. The number of aromatic nitrogens is 2. The van der Waals surface area contributed by atoms with Crippen molar-refractivity contribution in [3.8, 4) is 5.75 Å². The number of ether oxygens (including phenoxy) is 1. The van der Waals surface area contributed by atoms with E-state index in [9.17, 15) is 4.79 Å². The Balaban J connectivity index is 1.59. The van der Waals surface area contributed by atoms with Crippen LogP contribution in [0.2, 0.25) is 0 Å². The van der Waals surface area contributed by atoms with Gasteiger partial charge in [-0.1, -0.05) is 6.07 Å². The van der Waals surface area contributed by atoms with Gasteiger partial charge in [-0.2, -0.15) is 0 Å². The van der Waals surface area contributed by atoms with Gasteiger partial charge in [-0.15, -0.1) is 0 Å². The monoisotopic (exact) mass is 305 g/mol. The van der Waals surface area contributed by atoms with Gasteiger partial charge in [0.1, 0.15) is 12.4 Å². The Morgan fingerprint density at radius 2 is 1.74 bits per heavy atom. The van der Waals surface area contributed by atoms with Gasteiger partial charge in [0.2, 0.25) is 0 Å². The summed E-state index contributed by atoms with van der Waals surface area (Å²) < 4.78 is 5.67. The second kappa shape index (κ2) is 7.17. The fourth-order valence-electron chi connectivity index (χ4n) is 1.99. The van der Waals surface area contributed by atoms with Crippen LogP contribution in [0.4, 0.5) is 5.69 Å². The van der Waals surface area contributed by atoms with E-state index >= 15 is 0 Å². The average molecular weight is 305 g/mol. The lowest BCUT2D eigenvalue weighted by Crippen LogP contribution is -2.11. The van der Waals surface area contributed by atoms with Gasteiger partial charge in [0, 0.05) is 41.6 Å². The van der Waals surface area contributed by atoms with Crippen molar-refractivity contribution >= 4 is 11.6 Å². The molecule has 114 valence electrons. The van der Waals surface area contributed by atoms with Gasteiger partial charge in [-0.3, -0.25) is 14.8 Å². The number of rotatable bonds is 5. The zero-order chi connectivity index (χ0) is 15.9. The van der Waals surface area contributed by atoms with Crippen LogP contribution in [0, 0.1) is 0 Å². The average Bonchev–Trinajstić information content (AvgIpc) is 2.62. The number of hydrogen-bond donors (Lipinski definition) is 1. The van der Waals surface area contributed by atoms with Gasteiger partial charge >= 0.3 is 0 Å². The summed E-state index contributed by atoms with van der Waals surface area (Å²) >= 11 is 0. The van der Waals surface area contributed by atoms with Crippen molar-refractivity contribution in [3.63, 3.8) is 0 Å². The van der Waals surface area contributed by atoms with E-state index in [4.69, 9.17) is 4.74 Å². The molecule has 0 bridgehead atoms. The van der Waals surface area contributed by atoms with Crippen molar-refractivity contribution in [1.82, 2.24) is 9.97 Å². The normalized spacial score (nSPS) is 10.1. The van der Waals surface area contributed by atoms with E-state index in [2.05, 4.69) is 15.3 Å². The molecule has 0 aliphatic rings. The fourth-order valence-corrected chi connectivity index (χ4v) is 1.99. The Hall–Kier alpha value is -3.21. The van der Waals surface area contributed by atoms with Crippen molar-refractivity contribution in [2.45, 2.75) is 6.61 Å². The molecule has 5 nitrogen and oxygen atoms in total. The van der Waals surface area contributed by atoms with Crippen molar-refractivity contribution in [2.75, 3.05) is 5.32 Å². The van der Waals surface area contributed by atoms with Gasteiger partial charge in [0.25, 0.3) is 5.91 Å². The van der Waals surface area contributed by atoms with E-state index in [1.54, 1.807) is 61.2 Å². The Morgan fingerprint density at radius 1 is 0.957 bits per heavy atom. The van der Waals surface area contributed by atoms with E-state index in [0.29, 0.717) is 23.6 Å². The minimum Gasteiger partial charge on any atom is -0.489 e. The van der Waals surface area contributed by atoms with Crippen LogP contribution in [0.5, 0.6) is 5.75 Å². The molecule has 0 fully saturated rings. The third-order valence-corrected chi connectivity index (χ3v) is 3.18. The minimum absolute atomic E-state index is 0.171. The second-order valence-electron chi connectivity index (χ2n) is 4.86. The van der Waals surface area contributed by atoms with Crippen LogP contribution in [0.3, 0.4) is 0 Å². The molecule has 0 saturated carbocycles. The maximum absolute atomic E-state index is 12.1. The van der Waals surface area contributed by atoms with E-state index in [1.807, 2.05) is 12.1 Å². The van der Waals surface area contributed by atoms with Gasteiger partial charge in [-0.25, -0.2) is 0 Å². The largest absolute Gasteiger partial charge is 0.489 e. The SMILES string of the molecule is O=C(Nc1ccncc1)c1ccc(OCc2cccnc2)cc1. The third kappa shape index (κ3) is 4.14. The van der Waals surface area contributed by atoms with Crippen LogP contribution in [0.15, 0.2) is 73.3 Å². The van der Waals surface area contributed by atoms with Crippen LogP contribution in [-0.2, 0) is 6.61 Å². The van der Waals surface area contributed by atoms with E-state index in [1.165, 1.54) is 0 Å². The summed E-state index contributed by atoms with van der Waals surface area (Å²) in [6.07, 6.45) is 6.74. The lowest BCUT2D eigenvalue weighted by molar-refractivity contribution is 0.102. The minimum atomic E-state index is -0.171. The maximum atomic E-state index is 12.1. The summed E-state index contributed by atoms with van der Waals surface area (Å²) in [5.74, 6) is 0.532. The van der Waals surface area contributed by atoms with Crippen molar-refractivity contribution < 1.29 is 9.53 Å². The topological polar surface area (TPSA) is 64.1 Å².